The highest BCUT2D eigenvalue weighted by atomic mass is 35.5. The van der Waals surface area contributed by atoms with Crippen molar-refractivity contribution < 1.29 is 9.32 Å². The molecule has 7 nitrogen and oxygen atoms in total. The van der Waals surface area contributed by atoms with Crippen molar-refractivity contribution in [3.63, 3.8) is 0 Å². The first-order valence-electron chi connectivity index (χ1n) is 7.30. The average molecular weight is 346 g/mol. The van der Waals surface area contributed by atoms with Crippen molar-refractivity contribution in [2.45, 2.75) is 20.0 Å². The molecular weight excluding hydrogens is 330 g/mol. The van der Waals surface area contributed by atoms with Gasteiger partial charge in [0, 0.05) is 17.7 Å². The van der Waals surface area contributed by atoms with Gasteiger partial charge >= 0.3 is 0 Å². The third kappa shape index (κ3) is 3.57. The maximum absolute atomic E-state index is 12.0. The number of rotatable bonds is 5. The van der Waals surface area contributed by atoms with E-state index in [0.29, 0.717) is 22.3 Å². The molecular formula is C16H16ClN5O2. The summed E-state index contributed by atoms with van der Waals surface area (Å²) >= 11 is 6.13. The van der Waals surface area contributed by atoms with E-state index in [1.54, 1.807) is 18.2 Å². The van der Waals surface area contributed by atoms with Crippen LogP contribution in [0.15, 0.2) is 40.9 Å². The zero-order chi connectivity index (χ0) is 17.1. The van der Waals surface area contributed by atoms with Crippen LogP contribution >= 0.6 is 11.6 Å². The van der Waals surface area contributed by atoms with E-state index in [9.17, 15) is 4.79 Å². The molecule has 1 aromatic carbocycles. The second kappa shape index (κ2) is 6.76. The van der Waals surface area contributed by atoms with Gasteiger partial charge in [0.05, 0.1) is 17.3 Å². The van der Waals surface area contributed by atoms with Gasteiger partial charge in [-0.1, -0.05) is 35.0 Å². The Balaban J connectivity index is 1.60. The van der Waals surface area contributed by atoms with Crippen LogP contribution in [-0.2, 0) is 17.9 Å². The molecule has 0 bridgehead atoms. The van der Waals surface area contributed by atoms with Crippen LogP contribution in [0.25, 0.3) is 11.3 Å². The number of benzene rings is 1. The first-order chi connectivity index (χ1) is 11.5. The minimum Gasteiger partial charge on any atom is -0.384 e. The summed E-state index contributed by atoms with van der Waals surface area (Å²) in [6.07, 6.45) is 0. The second-order valence-corrected chi connectivity index (χ2v) is 5.71. The molecule has 0 saturated heterocycles. The van der Waals surface area contributed by atoms with Crippen molar-refractivity contribution >= 4 is 23.3 Å². The van der Waals surface area contributed by atoms with Crippen LogP contribution in [0.4, 0.5) is 5.82 Å². The highest BCUT2D eigenvalue weighted by molar-refractivity contribution is 6.33. The predicted molar refractivity (Wildman–Crippen MR) is 90.2 cm³/mol. The zero-order valence-corrected chi connectivity index (χ0v) is 13.7. The zero-order valence-electron chi connectivity index (χ0n) is 13.0. The highest BCUT2D eigenvalue weighted by Gasteiger charge is 2.11. The Kier molecular flexibility index (Phi) is 4.52. The van der Waals surface area contributed by atoms with E-state index in [2.05, 4.69) is 15.6 Å². The molecule has 2 heterocycles. The van der Waals surface area contributed by atoms with Gasteiger partial charge in [-0.25, -0.2) is 4.68 Å². The van der Waals surface area contributed by atoms with Crippen LogP contribution in [0.3, 0.4) is 0 Å². The number of nitrogens with one attached hydrogen (secondary N) is 1. The van der Waals surface area contributed by atoms with Gasteiger partial charge in [0.1, 0.15) is 18.1 Å². The molecule has 0 unspecified atom stereocenters. The van der Waals surface area contributed by atoms with Crippen LogP contribution in [0.5, 0.6) is 0 Å². The molecule has 0 aliphatic heterocycles. The largest absolute Gasteiger partial charge is 0.384 e. The van der Waals surface area contributed by atoms with Crippen molar-refractivity contribution in [1.82, 2.24) is 20.3 Å². The molecule has 24 heavy (non-hydrogen) atoms. The van der Waals surface area contributed by atoms with Crippen LogP contribution in [0.2, 0.25) is 5.02 Å². The number of nitrogens with zero attached hydrogens (tertiary/aromatic N) is 3. The Labute approximate surface area is 143 Å². The number of nitrogen functional groups attached to an aromatic ring is 1. The number of nitrogens with two attached hydrogens (primary N) is 1. The van der Waals surface area contributed by atoms with Crippen LogP contribution < -0.4 is 11.1 Å². The predicted octanol–water partition coefficient (Wildman–Crippen LogP) is 2.40. The SMILES string of the molecule is Cc1cc(N)n(CC(=O)NCc2cc(-c3ccccc3Cl)no2)n1. The second-order valence-electron chi connectivity index (χ2n) is 5.30. The topological polar surface area (TPSA) is 99.0 Å². The van der Waals surface area contributed by atoms with Crippen molar-refractivity contribution in [3.05, 3.63) is 52.9 Å². The van der Waals surface area contributed by atoms with E-state index in [0.717, 1.165) is 11.3 Å². The molecule has 8 heteroatoms. The maximum atomic E-state index is 12.0. The average Bonchev–Trinajstić information content (AvgIpc) is 3.13. The summed E-state index contributed by atoms with van der Waals surface area (Å²) in [5, 5.41) is 11.4. The van der Waals surface area contributed by atoms with Crippen molar-refractivity contribution in [1.29, 1.82) is 0 Å². The standard InChI is InChI=1S/C16H16ClN5O2/c1-10-6-15(18)22(20-10)9-16(23)19-8-11-7-14(21-24-11)12-4-2-3-5-13(12)17/h2-7H,8-9,18H2,1H3,(H,19,23). The van der Waals surface area contributed by atoms with Crippen LogP contribution in [-0.4, -0.2) is 20.8 Å². The Bertz CT molecular complexity index is 871. The number of carbonyl (C=O) groups is 1. The van der Waals surface area contributed by atoms with Crippen molar-refractivity contribution in [2.75, 3.05) is 5.73 Å². The van der Waals surface area contributed by atoms with Gasteiger partial charge in [0.15, 0.2) is 5.76 Å². The van der Waals surface area contributed by atoms with Gasteiger partial charge in [-0.2, -0.15) is 5.10 Å². The third-order valence-electron chi connectivity index (χ3n) is 3.40. The van der Waals surface area contributed by atoms with E-state index < -0.39 is 0 Å². The summed E-state index contributed by atoms with van der Waals surface area (Å²) in [5.74, 6) is 0.756. The molecule has 3 rings (SSSR count). The van der Waals surface area contributed by atoms with E-state index in [1.165, 1.54) is 4.68 Å². The van der Waals surface area contributed by atoms with Crippen molar-refractivity contribution in [3.8, 4) is 11.3 Å². The van der Waals surface area contributed by atoms with E-state index in [1.807, 2.05) is 25.1 Å². The summed E-state index contributed by atoms with van der Waals surface area (Å²) in [7, 11) is 0. The number of aromatic nitrogens is 3. The molecule has 0 aliphatic carbocycles. The molecule has 0 aliphatic rings. The molecule has 1 amide bonds. The van der Waals surface area contributed by atoms with Gasteiger partial charge in [0.25, 0.3) is 0 Å². The molecule has 0 saturated carbocycles. The van der Waals surface area contributed by atoms with Crippen LogP contribution in [0.1, 0.15) is 11.5 Å². The Hall–Kier alpha value is -2.80. The van der Waals surface area contributed by atoms with Gasteiger partial charge in [-0.05, 0) is 13.0 Å². The Morgan fingerprint density at radius 1 is 1.38 bits per heavy atom. The summed E-state index contributed by atoms with van der Waals surface area (Å²) in [4.78, 5) is 12.0. The van der Waals surface area contributed by atoms with Crippen molar-refractivity contribution in [2.24, 2.45) is 0 Å². The number of halogens is 1. The molecule has 2 aromatic heterocycles. The lowest BCUT2D eigenvalue weighted by Gasteiger charge is -2.04. The lowest BCUT2D eigenvalue weighted by Crippen LogP contribution is -2.27. The summed E-state index contributed by atoms with van der Waals surface area (Å²) < 4.78 is 6.68. The minimum atomic E-state index is -0.222. The fraction of sp³-hybridized carbons (Fsp3) is 0.188. The minimum absolute atomic E-state index is 0.0468. The van der Waals surface area contributed by atoms with E-state index in [4.69, 9.17) is 21.9 Å². The van der Waals surface area contributed by atoms with E-state index >= 15 is 0 Å². The summed E-state index contributed by atoms with van der Waals surface area (Å²) in [5.41, 5.74) is 7.92. The molecule has 0 radical (unpaired) electrons. The first kappa shape index (κ1) is 16.1. The highest BCUT2D eigenvalue weighted by Crippen LogP contribution is 2.26. The number of hydrogen-bond acceptors (Lipinski definition) is 5. The normalized spacial score (nSPS) is 10.8. The van der Waals surface area contributed by atoms with Gasteiger partial charge in [0.2, 0.25) is 5.91 Å². The lowest BCUT2D eigenvalue weighted by molar-refractivity contribution is -0.122. The number of anilines is 1. The number of aryl methyl sites for hydroxylation is 1. The monoisotopic (exact) mass is 345 g/mol. The lowest BCUT2D eigenvalue weighted by atomic mass is 10.1. The fourth-order valence-electron chi connectivity index (χ4n) is 2.26. The molecule has 3 N–H and O–H groups in total. The Morgan fingerprint density at radius 3 is 2.88 bits per heavy atom. The third-order valence-corrected chi connectivity index (χ3v) is 3.72. The fourth-order valence-corrected chi connectivity index (χ4v) is 2.49. The van der Waals surface area contributed by atoms with Gasteiger partial charge in [-0.3, -0.25) is 4.79 Å². The van der Waals surface area contributed by atoms with E-state index in [-0.39, 0.29) is 19.0 Å². The molecule has 3 aromatic rings. The molecule has 0 spiro atoms. The number of hydrogen-bond donors (Lipinski definition) is 2. The Morgan fingerprint density at radius 2 is 2.17 bits per heavy atom. The molecule has 0 atom stereocenters. The number of amides is 1. The smallest absolute Gasteiger partial charge is 0.242 e. The summed E-state index contributed by atoms with van der Waals surface area (Å²) in [6, 6.07) is 10.8. The maximum Gasteiger partial charge on any atom is 0.242 e. The quantitative estimate of drug-likeness (QED) is 0.739. The van der Waals surface area contributed by atoms with Gasteiger partial charge in [-0.15, -0.1) is 0 Å². The van der Waals surface area contributed by atoms with Crippen LogP contribution in [0, 0.1) is 6.92 Å². The van der Waals surface area contributed by atoms with Gasteiger partial charge < -0.3 is 15.6 Å². The molecule has 0 fully saturated rings. The first-order valence-corrected chi connectivity index (χ1v) is 7.68. The number of carbonyl (C=O) groups excluding carboxylic acids is 1. The molecule has 124 valence electrons. The summed E-state index contributed by atoms with van der Waals surface area (Å²) in [6.45, 7) is 2.08.